The third-order valence-electron chi connectivity index (χ3n) is 4.88. The zero-order chi connectivity index (χ0) is 19.0. The Morgan fingerprint density at radius 1 is 1.00 bits per heavy atom. The molecule has 7 heteroatoms. The summed E-state index contributed by atoms with van der Waals surface area (Å²) in [4.78, 5) is 26.7. The fourth-order valence-electron chi connectivity index (χ4n) is 3.43. The van der Waals surface area contributed by atoms with E-state index in [2.05, 4.69) is 5.10 Å². The van der Waals surface area contributed by atoms with E-state index in [-0.39, 0.29) is 17.7 Å². The average molecular weight is 369 g/mol. The van der Waals surface area contributed by atoms with Crippen molar-refractivity contribution in [3.63, 3.8) is 0 Å². The number of carbonyl (C=O) groups is 2. The molecule has 2 aromatic rings. The number of halogens is 2. The van der Waals surface area contributed by atoms with Crippen molar-refractivity contribution >= 4 is 18.0 Å². The van der Waals surface area contributed by atoms with Crippen molar-refractivity contribution in [3.05, 3.63) is 71.3 Å². The lowest BCUT2D eigenvalue weighted by Gasteiger charge is -2.40. The summed E-state index contributed by atoms with van der Waals surface area (Å²) in [5, 5.41) is 5.30. The van der Waals surface area contributed by atoms with Gasteiger partial charge >= 0.3 is 6.03 Å². The molecule has 1 atom stereocenters. The molecule has 0 N–H and O–H groups in total. The minimum atomic E-state index is -0.693. The van der Waals surface area contributed by atoms with E-state index in [0.29, 0.717) is 30.6 Å². The summed E-state index contributed by atoms with van der Waals surface area (Å²) in [6.07, 6.45) is 1.94. The zero-order valence-corrected chi connectivity index (χ0v) is 14.4. The van der Waals surface area contributed by atoms with Crippen molar-refractivity contribution in [2.45, 2.75) is 12.5 Å². The molecule has 0 radical (unpaired) electrons. The van der Waals surface area contributed by atoms with Crippen LogP contribution in [0.5, 0.6) is 0 Å². The van der Waals surface area contributed by atoms with Gasteiger partial charge in [0.25, 0.3) is 0 Å². The predicted molar refractivity (Wildman–Crippen MR) is 95.3 cm³/mol. The van der Waals surface area contributed by atoms with Gasteiger partial charge in [0.1, 0.15) is 11.6 Å². The van der Waals surface area contributed by atoms with E-state index in [0.717, 1.165) is 6.07 Å². The van der Waals surface area contributed by atoms with Gasteiger partial charge in [-0.2, -0.15) is 5.10 Å². The third kappa shape index (κ3) is 3.32. The number of benzene rings is 2. The smallest absolute Gasteiger partial charge is 0.322 e. The summed E-state index contributed by atoms with van der Waals surface area (Å²) < 4.78 is 27.0. The third-order valence-corrected chi connectivity index (χ3v) is 4.88. The van der Waals surface area contributed by atoms with Gasteiger partial charge in [-0.1, -0.05) is 30.3 Å². The first kappa shape index (κ1) is 17.3. The summed E-state index contributed by atoms with van der Waals surface area (Å²) in [6.45, 7) is 0.617. The number of hydrogen-bond donors (Lipinski definition) is 0. The fourth-order valence-corrected chi connectivity index (χ4v) is 3.43. The lowest BCUT2D eigenvalue weighted by molar-refractivity contribution is 0.0619. The van der Waals surface area contributed by atoms with Crippen LogP contribution in [0.15, 0.2) is 53.6 Å². The minimum absolute atomic E-state index is 0.00771. The molecule has 5 nitrogen and oxygen atoms in total. The highest BCUT2D eigenvalue weighted by Crippen LogP contribution is 2.32. The summed E-state index contributed by atoms with van der Waals surface area (Å²) in [6, 6.07) is 11.3. The van der Waals surface area contributed by atoms with Gasteiger partial charge in [0.05, 0.1) is 12.0 Å². The Bertz CT molecular complexity index is 890. The number of Topliss-reactive ketones (excluding diaryl/α,β-unsaturated/α-hetero) is 1. The largest absolute Gasteiger partial charge is 0.341 e. The molecule has 1 saturated heterocycles. The molecule has 4 rings (SSSR count). The molecule has 138 valence electrons. The Balaban J connectivity index is 1.43. The van der Waals surface area contributed by atoms with Crippen LogP contribution in [0.2, 0.25) is 0 Å². The number of hydrogen-bond acceptors (Lipinski definition) is 3. The molecule has 0 spiro atoms. The number of ketones is 1. The van der Waals surface area contributed by atoms with E-state index in [1.165, 1.54) is 22.0 Å². The molecule has 0 aromatic heterocycles. The van der Waals surface area contributed by atoms with Crippen molar-refractivity contribution in [2.75, 3.05) is 13.1 Å². The van der Waals surface area contributed by atoms with Crippen LogP contribution in [-0.2, 0) is 0 Å². The first-order valence-corrected chi connectivity index (χ1v) is 8.69. The van der Waals surface area contributed by atoms with Crippen molar-refractivity contribution in [3.8, 4) is 0 Å². The molecule has 1 fully saturated rings. The molecule has 1 unspecified atom stereocenters. The number of nitrogens with zero attached hydrogens (tertiary/aromatic N) is 3. The van der Waals surface area contributed by atoms with Gasteiger partial charge in [-0.05, 0) is 17.7 Å². The maximum Gasteiger partial charge on any atom is 0.341 e. The summed E-state index contributed by atoms with van der Waals surface area (Å²) >= 11 is 0. The monoisotopic (exact) mass is 369 g/mol. The van der Waals surface area contributed by atoms with Crippen LogP contribution >= 0.6 is 0 Å². The molecule has 0 aliphatic carbocycles. The minimum Gasteiger partial charge on any atom is -0.322 e. The standard InChI is InChI=1S/C20H17F2N3O2/c21-16-8-14(9-17(22)10-16)18-6-7-23-25(18)20(27)24-11-15(12-24)19(26)13-4-2-1-3-5-13/h1-5,7-10,15,18H,6,11-12H2. The summed E-state index contributed by atoms with van der Waals surface area (Å²) in [7, 11) is 0. The number of urea groups is 1. The molecular weight excluding hydrogens is 352 g/mol. The second-order valence-corrected chi connectivity index (χ2v) is 6.71. The number of carbonyl (C=O) groups excluding carboxylic acids is 2. The predicted octanol–water partition coefficient (Wildman–Crippen LogP) is 3.63. The van der Waals surface area contributed by atoms with E-state index in [1.54, 1.807) is 30.5 Å². The highest BCUT2D eigenvalue weighted by atomic mass is 19.1. The maximum absolute atomic E-state index is 13.5. The van der Waals surface area contributed by atoms with Crippen molar-refractivity contribution in [1.29, 1.82) is 0 Å². The maximum atomic E-state index is 13.5. The van der Waals surface area contributed by atoms with Gasteiger partial charge in [-0.25, -0.2) is 18.6 Å². The van der Waals surface area contributed by atoms with Crippen molar-refractivity contribution in [1.82, 2.24) is 9.91 Å². The SMILES string of the molecule is O=C(c1ccccc1)C1CN(C(=O)N2N=CCC2c2cc(F)cc(F)c2)C1. The van der Waals surface area contributed by atoms with E-state index in [4.69, 9.17) is 0 Å². The van der Waals surface area contributed by atoms with Crippen LogP contribution in [0.1, 0.15) is 28.4 Å². The second-order valence-electron chi connectivity index (χ2n) is 6.71. The van der Waals surface area contributed by atoms with E-state index in [9.17, 15) is 18.4 Å². The Hall–Kier alpha value is -3.09. The molecule has 2 aliphatic rings. The average Bonchev–Trinajstić information content (AvgIpc) is 3.10. The summed E-state index contributed by atoms with van der Waals surface area (Å²) in [5.41, 5.74) is 0.984. The number of amides is 2. The van der Waals surface area contributed by atoms with Gasteiger partial charge < -0.3 is 4.90 Å². The van der Waals surface area contributed by atoms with Crippen LogP contribution in [0.3, 0.4) is 0 Å². The molecule has 0 bridgehead atoms. The highest BCUT2D eigenvalue weighted by molar-refractivity contribution is 5.99. The van der Waals surface area contributed by atoms with E-state index in [1.807, 2.05) is 6.07 Å². The molecular formula is C20H17F2N3O2. The molecule has 2 aromatic carbocycles. The van der Waals surface area contributed by atoms with E-state index >= 15 is 0 Å². The van der Waals surface area contributed by atoms with Crippen molar-refractivity contribution in [2.24, 2.45) is 11.0 Å². The van der Waals surface area contributed by atoms with E-state index < -0.39 is 17.7 Å². The van der Waals surface area contributed by atoms with Crippen LogP contribution < -0.4 is 0 Å². The lowest BCUT2D eigenvalue weighted by Crippen LogP contribution is -2.56. The first-order chi connectivity index (χ1) is 13.0. The second kappa shape index (κ2) is 6.90. The Morgan fingerprint density at radius 2 is 1.67 bits per heavy atom. The molecule has 2 heterocycles. The topological polar surface area (TPSA) is 53.0 Å². The van der Waals surface area contributed by atoms with Crippen LogP contribution in [0.4, 0.5) is 13.6 Å². The molecule has 0 saturated carbocycles. The Morgan fingerprint density at radius 3 is 2.33 bits per heavy atom. The molecule has 27 heavy (non-hydrogen) atoms. The van der Waals surface area contributed by atoms with Gasteiger partial charge in [0.2, 0.25) is 0 Å². The lowest BCUT2D eigenvalue weighted by atomic mass is 9.91. The number of rotatable bonds is 3. The Labute approximate surface area is 154 Å². The number of hydrazone groups is 1. The van der Waals surface area contributed by atoms with Gasteiger partial charge in [-0.3, -0.25) is 4.79 Å². The summed E-state index contributed by atoms with van der Waals surface area (Å²) in [5.74, 6) is -1.62. The quantitative estimate of drug-likeness (QED) is 0.776. The van der Waals surface area contributed by atoms with Gasteiger partial charge in [-0.15, -0.1) is 0 Å². The van der Waals surface area contributed by atoms with Gasteiger partial charge in [0, 0.05) is 37.4 Å². The normalized spacial score (nSPS) is 19.3. The van der Waals surface area contributed by atoms with Crippen LogP contribution in [0, 0.1) is 17.6 Å². The van der Waals surface area contributed by atoms with Crippen molar-refractivity contribution < 1.29 is 18.4 Å². The van der Waals surface area contributed by atoms with Crippen LogP contribution in [-0.4, -0.2) is 41.0 Å². The molecule has 2 aliphatic heterocycles. The van der Waals surface area contributed by atoms with Crippen LogP contribution in [0.25, 0.3) is 0 Å². The fraction of sp³-hybridized carbons (Fsp3) is 0.250. The van der Waals surface area contributed by atoms with Gasteiger partial charge in [0.15, 0.2) is 5.78 Å². The first-order valence-electron chi connectivity index (χ1n) is 8.69. The highest BCUT2D eigenvalue weighted by Gasteiger charge is 2.40. The zero-order valence-electron chi connectivity index (χ0n) is 14.4. The molecule has 2 amide bonds. The Kier molecular flexibility index (Phi) is 4.43. The number of likely N-dealkylation sites (tertiary alicyclic amines) is 1.